The highest BCUT2D eigenvalue weighted by Gasteiger charge is 2.39. The summed E-state index contributed by atoms with van der Waals surface area (Å²) in [5.74, 6) is 0.630. The van der Waals surface area contributed by atoms with Crippen LogP contribution in [0.15, 0.2) is 0 Å². The van der Waals surface area contributed by atoms with Gasteiger partial charge in [0.1, 0.15) is 0 Å². The zero-order valence-corrected chi connectivity index (χ0v) is 8.93. The van der Waals surface area contributed by atoms with Crippen LogP contribution >= 0.6 is 0 Å². The van der Waals surface area contributed by atoms with E-state index in [9.17, 15) is 9.90 Å². The summed E-state index contributed by atoms with van der Waals surface area (Å²) in [6.45, 7) is 1.24. The van der Waals surface area contributed by atoms with E-state index in [0.717, 1.165) is 12.8 Å². The molecule has 2 N–H and O–H groups in total. The number of carbonyl (C=O) groups excluding carboxylic acids is 1. The normalized spacial score (nSPS) is 28.1. The maximum atomic E-state index is 12.1. The lowest BCUT2D eigenvalue weighted by Gasteiger charge is -2.22. The molecule has 0 radical (unpaired) electrons. The van der Waals surface area contributed by atoms with Crippen LogP contribution in [0.25, 0.3) is 0 Å². The van der Waals surface area contributed by atoms with Crippen molar-refractivity contribution in [2.24, 2.45) is 11.8 Å². The van der Waals surface area contributed by atoms with Gasteiger partial charge < -0.3 is 15.1 Å². The second-order valence-corrected chi connectivity index (χ2v) is 4.68. The van der Waals surface area contributed by atoms with Crippen LogP contribution in [0.5, 0.6) is 0 Å². The summed E-state index contributed by atoms with van der Waals surface area (Å²) < 4.78 is 0. The monoisotopic (exact) mass is 213 g/mol. The van der Waals surface area contributed by atoms with Gasteiger partial charge in [-0.3, -0.25) is 4.79 Å². The van der Waals surface area contributed by atoms with Gasteiger partial charge in [0.15, 0.2) is 0 Å². The third-order valence-electron chi connectivity index (χ3n) is 3.42. The molecule has 2 rings (SSSR count). The fourth-order valence-corrected chi connectivity index (χ4v) is 2.37. The summed E-state index contributed by atoms with van der Waals surface area (Å²) in [7, 11) is 0. The predicted molar refractivity (Wildman–Crippen MR) is 55.1 cm³/mol. The second-order valence-electron chi connectivity index (χ2n) is 4.68. The number of hydrogen-bond donors (Lipinski definition) is 2. The number of likely N-dealkylation sites (tertiary alicyclic amines) is 1. The van der Waals surface area contributed by atoms with E-state index in [1.165, 1.54) is 0 Å². The largest absolute Gasteiger partial charge is 0.396 e. The molecule has 0 spiro atoms. The molecule has 1 unspecified atom stereocenters. The molecule has 4 heteroatoms. The van der Waals surface area contributed by atoms with Gasteiger partial charge in [-0.15, -0.1) is 0 Å². The van der Waals surface area contributed by atoms with Crippen molar-refractivity contribution in [3.63, 3.8) is 0 Å². The molecule has 2 aliphatic rings. The number of hydrogen-bond acceptors (Lipinski definition) is 3. The van der Waals surface area contributed by atoms with E-state index < -0.39 is 0 Å². The zero-order valence-electron chi connectivity index (χ0n) is 8.93. The fraction of sp³-hybridized carbons (Fsp3) is 0.909. The lowest BCUT2D eigenvalue weighted by atomic mass is 9.98. The minimum absolute atomic E-state index is 0.000278. The Labute approximate surface area is 89.9 Å². The summed E-state index contributed by atoms with van der Waals surface area (Å²) in [6, 6.07) is 0. The number of amides is 1. The Balaban J connectivity index is 1.91. The van der Waals surface area contributed by atoms with Gasteiger partial charge in [-0.05, 0) is 31.6 Å². The van der Waals surface area contributed by atoms with Crippen LogP contribution in [0.1, 0.15) is 25.7 Å². The Morgan fingerprint density at radius 1 is 1.40 bits per heavy atom. The van der Waals surface area contributed by atoms with Gasteiger partial charge in [0, 0.05) is 25.6 Å². The Bertz CT molecular complexity index is 240. The average molecular weight is 213 g/mol. The molecule has 0 bridgehead atoms. The molecule has 4 nitrogen and oxygen atoms in total. The van der Waals surface area contributed by atoms with Crippen molar-refractivity contribution in [1.82, 2.24) is 4.90 Å². The Morgan fingerprint density at radius 3 is 2.60 bits per heavy atom. The van der Waals surface area contributed by atoms with Crippen molar-refractivity contribution < 1.29 is 15.0 Å². The molecule has 86 valence electrons. The van der Waals surface area contributed by atoms with Crippen LogP contribution in [0.3, 0.4) is 0 Å². The number of aliphatic hydroxyl groups excluding tert-OH is 2. The highest BCUT2D eigenvalue weighted by Crippen LogP contribution is 2.39. The van der Waals surface area contributed by atoms with E-state index in [0.29, 0.717) is 31.8 Å². The third kappa shape index (κ3) is 2.49. The third-order valence-corrected chi connectivity index (χ3v) is 3.42. The van der Waals surface area contributed by atoms with Gasteiger partial charge in [0.25, 0.3) is 0 Å². The highest BCUT2D eigenvalue weighted by molar-refractivity contribution is 5.79. The van der Waals surface area contributed by atoms with Gasteiger partial charge in [-0.1, -0.05) is 0 Å². The van der Waals surface area contributed by atoms with E-state index in [2.05, 4.69) is 0 Å². The quantitative estimate of drug-likeness (QED) is 0.690. The van der Waals surface area contributed by atoms with E-state index in [1.807, 2.05) is 0 Å². The van der Waals surface area contributed by atoms with Crippen molar-refractivity contribution >= 4 is 5.91 Å². The lowest BCUT2D eigenvalue weighted by molar-refractivity contribution is -0.136. The maximum Gasteiger partial charge on any atom is 0.226 e. The summed E-state index contributed by atoms with van der Waals surface area (Å²) in [4.78, 5) is 13.8. The van der Waals surface area contributed by atoms with E-state index in [-0.39, 0.29) is 24.5 Å². The van der Waals surface area contributed by atoms with Crippen LogP contribution in [-0.4, -0.2) is 46.8 Å². The summed E-state index contributed by atoms with van der Waals surface area (Å²) in [5, 5.41) is 18.3. The van der Waals surface area contributed by atoms with Crippen LogP contribution in [-0.2, 0) is 4.79 Å². The molecule has 2 atom stereocenters. The first-order chi connectivity index (χ1) is 7.22. The summed E-state index contributed by atoms with van der Waals surface area (Å²) in [6.07, 6.45) is 3.17. The van der Waals surface area contributed by atoms with Gasteiger partial charge >= 0.3 is 0 Å². The standard InChI is InChI=1S/C11H19NO3/c13-6-4-10(8-1-2-8)11(15)12-5-3-9(14)7-12/h8-10,13-14H,1-7H2/t9-,10?/m0/s1. The van der Waals surface area contributed by atoms with Crippen molar-refractivity contribution in [1.29, 1.82) is 0 Å². The number of aliphatic hydroxyl groups is 2. The van der Waals surface area contributed by atoms with Gasteiger partial charge in [0.05, 0.1) is 6.10 Å². The highest BCUT2D eigenvalue weighted by atomic mass is 16.3. The van der Waals surface area contributed by atoms with E-state index >= 15 is 0 Å². The van der Waals surface area contributed by atoms with Crippen molar-refractivity contribution in [2.45, 2.75) is 31.8 Å². The van der Waals surface area contributed by atoms with Gasteiger partial charge in [-0.2, -0.15) is 0 Å². The van der Waals surface area contributed by atoms with Gasteiger partial charge in [-0.25, -0.2) is 0 Å². The lowest BCUT2D eigenvalue weighted by Crippen LogP contribution is -2.36. The molecule has 1 heterocycles. The smallest absolute Gasteiger partial charge is 0.226 e. The first kappa shape index (κ1) is 10.9. The molecule has 1 amide bonds. The van der Waals surface area contributed by atoms with Gasteiger partial charge in [0.2, 0.25) is 5.91 Å². The molecule has 15 heavy (non-hydrogen) atoms. The first-order valence-electron chi connectivity index (χ1n) is 5.80. The van der Waals surface area contributed by atoms with Crippen LogP contribution in [0.2, 0.25) is 0 Å². The molecule has 0 aromatic heterocycles. The summed E-state index contributed by atoms with van der Waals surface area (Å²) >= 11 is 0. The molecule has 2 fully saturated rings. The minimum atomic E-state index is -0.345. The predicted octanol–water partition coefficient (Wildman–Crippen LogP) is -0.0118. The fourth-order valence-electron chi connectivity index (χ4n) is 2.37. The molecule has 0 aromatic carbocycles. The van der Waals surface area contributed by atoms with Crippen molar-refractivity contribution in [2.75, 3.05) is 19.7 Å². The molecular formula is C11H19NO3. The Morgan fingerprint density at radius 2 is 2.13 bits per heavy atom. The van der Waals surface area contributed by atoms with Crippen molar-refractivity contribution in [3.8, 4) is 0 Å². The minimum Gasteiger partial charge on any atom is -0.396 e. The second kappa shape index (κ2) is 4.49. The molecule has 0 aromatic rings. The van der Waals surface area contributed by atoms with E-state index in [1.54, 1.807) is 4.90 Å². The average Bonchev–Trinajstić information content (AvgIpc) is 2.96. The van der Waals surface area contributed by atoms with Crippen molar-refractivity contribution in [3.05, 3.63) is 0 Å². The topological polar surface area (TPSA) is 60.8 Å². The Hall–Kier alpha value is -0.610. The molecule has 1 saturated heterocycles. The van der Waals surface area contributed by atoms with Crippen LogP contribution < -0.4 is 0 Å². The number of rotatable bonds is 4. The number of β-amino-alcohol motifs (C(OH)–C–C–N with tert-alkyl or cyclic N) is 1. The molecule has 1 saturated carbocycles. The zero-order chi connectivity index (χ0) is 10.8. The SMILES string of the molecule is O=C(C(CCO)C1CC1)N1CC[C@H](O)C1. The molecular weight excluding hydrogens is 194 g/mol. The molecule has 1 aliphatic heterocycles. The number of nitrogens with zero attached hydrogens (tertiary/aromatic N) is 1. The first-order valence-corrected chi connectivity index (χ1v) is 5.80. The number of carbonyl (C=O) groups is 1. The summed E-state index contributed by atoms with van der Waals surface area (Å²) in [5.41, 5.74) is 0. The Kier molecular flexibility index (Phi) is 3.26. The van der Waals surface area contributed by atoms with E-state index in [4.69, 9.17) is 5.11 Å². The maximum absolute atomic E-state index is 12.1. The van der Waals surface area contributed by atoms with Crippen LogP contribution in [0, 0.1) is 11.8 Å². The molecule has 1 aliphatic carbocycles. The van der Waals surface area contributed by atoms with Crippen LogP contribution in [0.4, 0.5) is 0 Å².